The maximum Gasteiger partial charge on any atom is 0.258 e. The smallest absolute Gasteiger partial charge is 0.258 e. The van der Waals surface area contributed by atoms with Crippen LogP contribution >= 0.6 is 23.2 Å². The second kappa shape index (κ2) is 9.46. The van der Waals surface area contributed by atoms with E-state index in [1.807, 2.05) is 6.07 Å². The topological polar surface area (TPSA) is 74.2 Å². The maximum atomic E-state index is 11.5. The second-order valence-corrected chi connectivity index (χ2v) is 5.12. The van der Waals surface area contributed by atoms with Gasteiger partial charge in [-0.15, -0.1) is 0 Å². The number of nitrogens with zero attached hydrogens (tertiary/aromatic N) is 1. The zero-order valence-corrected chi connectivity index (χ0v) is 13.2. The predicted octanol–water partition coefficient (Wildman–Crippen LogP) is 2.51. The molecule has 0 aliphatic rings. The Kier molecular flexibility index (Phi) is 7.91. The van der Waals surface area contributed by atoms with Gasteiger partial charge in [-0.1, -0.05) is 30.1 Å². The first kappa shape index (κ1) is 17.6. The van der Waals surface area contributed by atoms with Gasteiger partial charge in [0.2, 0.25) is 0 Å². The van der Waals surface area contributed by atoms with Gasteiger partial charge >= 0.3 is 0 Å². The summed E-state index contributed by atoms with van der Waals surface area (Å²) in [4.78, 5) is 11.5. The molecule has 0 unspecified atom stereocenters. The van der Waals surface area contributed by atoms with E-state index in [2.05, 4.69) is 17.6 Å². The number of amides is 1. The molecule has 0 aliphatic heterocycles. The Morgan fingerprint density at radius 1 is 1.43 bits per heavy atom. The van der Waals surface area contributed by atoms with E-state index in [4.69, 9.17) is 33.2 Å². The third-order valence-electron chi connectivity index (χ3n) is 2.54. The fraction of sp³-hybridized carbons (Fsp3) is 0.429. The minimum Gasteiger partial charge on any atom is -0.482 e. The number of rotatable bonds is 8. The summed E-state index contributed by atoms with van der Waals surface area (Å²) in [5, 5.41) is 14.9. The summed E-state index contributed by atoms with van der Waals surface area (Å²) in [5.41, 5.74) is 0.786. The fourth-order valence-corrected chi connectivity index (χ4v) is 2.22. The molecule has 0 heterocycles. The molecule has 21 heavy (non-hydrogen) atoms. The number of halogens is 2. The minimum atomic E-state index is -0.380. The summed E-state index contributed by atoms with van der Waals surface area (Å²) in [6.45, 7) is 3.20. The first-order valence-corrected chi connectivity index (χ1v) is 7.29. The van der Waals surface area contributed by atoms with Crippen LogP contribution in [0, 0.1) is 11.3 Å². The van der Waals surface area contributed by atoms with Gasteiger partial charge in [-0.05, 0) is 25.1 Å². The van der Waals surface area contributed by atoms with Gasteiger partial charge in [-0.2, -0.15) is 5.26 Å². The van der Waals surface area contributed by atoms with Gasteiger partial charge in [0, 0.05) is 17.1 Å². The molecule has 0 aromatic heterocycles. The molecule has 0 fully saturated rings. The van der Waals surface area contributed by atoms with Crippen LogP contribution < -0.4 is 15.4 Å². The molecule has 114 valence electrons. The van der Waals surface area contributed by atoms with Crippen molar-refractivity contribution in [3.05, 3.63) is 27.7 Å². The highest BCUT2D eigenvalue weighted by atomic mass is 35.5. The number of ether oxygens (including phenoxy) is 1. The highest BCUT2D eigenvalue weighted by Gasteiger charge is 2.12. The van der Waals surface area contributed by atoms with Crippen LogP contribution in [0.3, 0.4) is 0 Å². The number of hydrogen-bond acceptors (Lipinski definition) is 4. The quantitative estimate of drug-likeness (QED) is 0.567. The maximum absolute atomic E-state index is 11.5. The summed E-state index contributed by atoms with van der Waals surface area (Å²) in [6.07, 6.45) is 1.00. The van der Waals surface area contributed by atoms with Gasteiger partial charge in [-0.3, -0.25) is 4.79 Å². The number of nitriles is 1. The van der Waals surface area contributed by atoms with Crippen molar-refractivity contribution in [2.45, 2.75) is 19.9 Å². The largest absolute Gasteiger partial charge is 0.482 e. The van der Waals surface area contributed by atoms with Crippen molar-refractivity contribution in [3.63, 3.8) is 0 Å². The Morgan fingerprint density at radius 3 is 2.86 bits per heavy atom. The average molecular weight is 330 g/mol. The van der Waals surface area contributed by atoms with Crippen molar-refractivity contribution in [3.8, 4) is 11.8 Å². The molecule has 0 saturated carbocycles. The van der Waals surface area contributed by atoms with Crippen molar-refractivity contribution in [2.75, 3.05) is 19.7 Å². The van der Waals surface area contributed by atoms with E-state index in [1.54, 1.807) is 12.1 Å². The van der Waals surface area contributed by atoms with Crippen molar-refractivity contribution in [1.82, 2.24) is 10.6 Å². The molecule has 5 nitrogen and oxygen atoms in total. The second-order valence-electron chi connectivity index (χ2n) is 4.28. The van der Waals surface area contributed by atoms with E-state index in [0.29, 0.717) is 22.3 Å². The average Bonchev–Trinajstić information content (AvgIpc) is 2.44. The lowest BCUT2D eigenvalue weighted by Crippen LogP contribution is -2.29. The minimum absolute atomic E-state index is 0.0541. The lowest BCUT2D eigenvalue weighted by molar-refractivity contribution is -0.122. The molecule has 0 bridgehead atoms. The lowest BCUT2D eigenvalue weighted by Gasteiger charge is -2.14. The summed E-state index contributed by atoms with van der Waals surface area (Å²) in [7, 11) is 0. The Labute approximate surface area is 134 Å². The van der Waals surface area contributed by atoms with Crippen LogP contribution in [0.2, 0.25) is 10.0 Å². The first-order chi connectivity index (χ1) is 10.1. The fourth-order valence-electron chi connectivity index (χ4n) is 1.63. The monoisotopic (exact) mass is 329 g/mol. The summed E-state index contributed by atoms with van der Waals surface area (Å²) in [6, 6.07) is 5.13. The molecule has 7 heteroatoms. The van der Waals surface area contributed by atoms with Crippen molar-refractivity contribution >= 4 is 29.1 Å². The van der Waals surface area contributed by atoms with E-state index < -0.39 is 0 Å². The van der Waals surface area contributed by atoms with E-state index in [-0.39, 0.29) is 19.1 Å². The standard InChI is InChI=1S/C14H17Cl2N3O2/c1-2-4-18-8-10-6-11(15)7-12(16)14(10)21-9-13(20)19-5-3-17/h6-7,18H,2,4-5,8-9H2,1H3,(H,19,20). The van der Waals surface area contributed by atoms with Crippen LogP contribution in [0.25, 0.3) is 0 Å². The van der Waals surface area contributed by atoms with E-state index in [1.165, 1.54) is 0 Å². The van der Waals surface area contributed by atoms with Crippen molar-refractivity contribution in [2.24, 2.45) is 0 Å². The molecule has 1 aromatic rings. The van der Waals surface area contributed by atoms with Crippen molar-refractivity contribution in [1.29, 1.82) is 5.26 Å². The predicted molar refractivity (Wildman–Crippen MR) is 82.6 cm³/mol. The van der Waals surface area contributed by atoms with E-state index in [0.717, 1.165) is 18.5 Å². The van der Waals surface area contributed by atoms with Gasteiger partial charge < -0.3 is 15.4 Å². The number of nitrogens with one attached hydrogen (secondary N) is 2. The SMILES string of the molecule is CCCNCc1cc(Cl)cc(Cl)c1OCC(=O)NCC#N. The van der Waals surface area contributed by atoms with Crippen LogP contribution in [0.1, 0.15) is 18.9 Å². The van der Waals surface area contributed by atoms with E-state index in [9.17, 15) is 4.79 Å². The molecule has 1 aromatic carbocycles. The Bertz CT molecular complexity index is 530. The zero-order valence-electron chi connectivity index (χ0n) is 11.7. The molecule has 0 radical (unpaired) electrons. The van der Waals surface area contributed by atoms with Gasteiger partial charge in [-0.25, -0.2) is 0 Å². The Balaban J connectivity index is 2.74. The van der Waals surface area contributed by atoms with Crippen LogP contribution in [-0.4, -0.2) is 25.6 Å². The first-order valence-electron chi connectivity index (χ1n) is 6.53. The van der Waals surface area contributed by atoms with E-state index >= 15 is 0 Å². The molecule has 0 spiro atoms. The van der Waals surface area contributed by atoms with Gasteiger partial charge in [0.1, 0.15) is 12.3 Å². The molecular weight excluding hydrogens is 313 g/mol. The molecule has 0 aliphatic carbocycles. The number of carbonyl (C=O) groups is 1. The highest BCUT2D eigenvalue weighted by Crippen LogP contribution is 2.32. The molecule has 0 atom stereocenters. The third kappa shape index (κ3) is 6.21. The highest BCUT2D eigenvalue weighted by molar-refractivity contribution is 6.35. The number of hydrogen-bond donors (Lipinski definition) is 2. The lowest BCUT2D eigenvalue weighted by atomic mass is 10.2. The normalized spacial score (nSPS) is 10.0. The van der Waals surface area contributed by atoms with Crippen LogP contribution in [-0.2, 0) is 11.3 Å². The summed E-state index contributed by atoms with van der Waals surface area (Å²) in [5.74, 6) is 0.0480. The number of benzene rings is 1. The zero-order chi connectivity index (χ0) is 15.7. The van der Waals surface area contributed by atoms with Gasteiger partial charge in [0.05, 0.1) is 11.1 Å². The third-order valence-corrected chi connectivity index (χ3v) is 3.04. The summed E-state index contributed by atoms with van der Waals surface area (Å²) < 4.78 is 5.46. The Hall–Kier alpha value is -1.48. The molecule has 0 saturated heterocycles. The molecule has 1 rings (SSSR count). The van der Waals surface area contributed by atoms with Crippen molar-refractivity contribution < 1.29 is 9.53 Å². The molecule has 2 N–H and O–H groups in total. The Morgan fingerprint density at radius 2 is 2.19 bits per heavy atom. The van der Waals surface area contributed by atoms with Gasteiger partial charge in [0.25, 0.3) is 5.91 Å². The number of carbonyl (C=O) groups excluding carboxylic acids is 1. The van der Waals surface area contributed by atoms with Gasteiger partial charge in [0.15, 0.2) is 6.61 Å². The van der Waals surface area contributed by atoms with Crippen LogP contribution in [0.15, 0.2) is 12.1 Å². The molecular formula is C14H17Cl2N3O2. The molecule has 1 amide bonds. The van der Waals surface area contributed by atoms with Crippen LogP contribution in [0.5, 0.6) is 5.75 Å². The summed E-state index contributed by atoms with van der Waals surface area (Å²) >= 11 is 12.1. The van der Waals surface area contributed by atoms with Crippen LogP contribution in [0.4, 0.5) is 0 Å².